The van der Waals surface area contributed by atoms with Gasteiger partial charge in [-0.15, -0.1) is 0 Å². The molecule has 0 amide bonds. The SMILES string of the molecule is Fc1ccccc1Cn1c(-c2ccccc2Cl)nc2ccccc21. The summed E-state index contributed by atoms with van der Waals surface area (Å²) in [7, 11) is 0. The minimum absolute atomic E-state index is 0.222. The molecule has 0 aliphatic heterocycles. The maximum atomic E-state index is 14.1. The average molecular weight is 337 g/mol. The van der Waals surface area contributed by atoms with Crippen molar-refractivity contribution in [2.24, 2.45) is 0 Å². The molecule has 118 valence electrons. The van der Waals surface area contributed by atoms with E-state index in [1.807, 2.05) is 59.2 Å². The van der Waals surface area contributed by atoms with Gasteiger partial charge < -0.3 is 4.57 Å². The fourth-order valence-electron chi connectivity index (χ4n) is 2.88. The number of rotatable bonds is 3. The van der Waals surface area contributed by atoms with E-state index in [1.165, 1.54) is 6.07 Å². The third-order valence-electron chi connectivity index (χ3n) is 4.06. The summed E-state index contributed by atoms with van der Waals surface area (Å²) in [6.07, 6.45) is 0. The number of benzene rings is 3. The normalized spacial score (nSPS) is 11.1. The number of hydrogen-bond acceptors (Lipinski definition) is 1. The summed E-state index contributed by atoms with van der Waals surface area (Å²) in [4.78, 5) is 4.73. The van der Waals surface area contributed by atoms with E-state index >= 15 is 0 Å². The molecule has 4 rings (SSSR count). The Morgan fingerprint density at radius 1 is 0.875 bits per heavy atom. The highest BCUT2D eigenvalue weighted by atomic mass is 35.5. The van der Waals surface area contributed by atoms with Crippen molar-refractivity contribution < 1.29 is 4.39 Å². The first-order chi connectivity index (χ1) is 11.7. The molecule has 0 spiro atoms. The maximum Gasteiger partial charge on any atom is 0.142 e. The van der Waals surface area contributed by atoms with Gasteiger partial charge in [0.2, 0.25) is 0 Å². The van der Waals surface area contributed by atoms with Crippen molar-refractivity contribution in [3.05, 3.63) is 89.2 Å². The highest BCUT2D eigenvalue weighted by Crippen LogP contribution is 2.31. The highest BCUT2D eigenvalue weighted by Gasteiger charge is 2.15. The second-order valence-corrected chi connectivity index (χ2v) is 5.99. The Morgan fingerprint density at radius 3 is 2.42 bits per heavy atom. The minimum atomic E-state index is -0.222. The molecule has 0 aliphatic carbocycles. The van der Waals surface area contributed by atoms with E-state index in [-0.39, 0.29) is 5.82 Å². The summed E-state index contributed by atoms with van der Waals surface area (Å²) >= 11 is 6.37. The quantitative estimate of drug-likeness (QED) is 0.480. The Balaban J connectivity index is 1.94. The van der Waals surface area contributed by atoms with E-state index in [0.29, 0.717) is 17.1 Å². The second-order valence-electron chi connectivity index (χ2n) is 5.58. The number of aromatic nitrogens is 2. The van der Waals surface area contributed by atoms with Crippen molar-refractivity contribution in [3.8, 4) is 11.4 Å². The predicted molar refractivity (Wildman–Crippen MR) is 95.7 cm³/mol. The Hall–Kier alpha value is -2.65. The summed E-state index contributed by atoms with van der Waals surface area (Å²) < 4.78 is 16.1. The van der Waals surface area contributed by atoms with E-state index in [1.54, 1.807) is 12.1 Å². The van der Waals surface area contributed by atoms with Gasteiger partial charge >= 0.3 is 0 Å². The summed E-state index contributed by atoms with van der Waals surface area (Å²) in [5, 5.41) is 0.627. The molecular formula is C20H14ClFN2. The van der Waals surface area contributed by atoms with E-state index in [0.717, 1.165) is 22.4 Å². The third kappa shape index (κ3) is 2.57. The van der Waals surface area contributed by atoms with Crippen LogP contribution in [0.15, 0.2) is 72.8 Å². The first kappa shape index (κ1) is 14.9. The standard InChI is InChI=1S/C20H14ClFN2/c21-16-9-3-2-8-15(16)20-23-18-11-5-6-12-19(18)24(20)13-14-7-1-4-10-17(14)22/h1-12H,13H2. The van der Waals surface area contributed by atoms with E-state index in [4.69, 9.17) is 16.6 Å². The lowest BCUT2D eigenvalue weighted by Gasteiger charge is -2.11. The molecule has 0 aliphatic rings. The van der Waals surface area contributed by atoms with Crippen LogP contribution >= 0.6 is 11.6 Å². The summed E-state index contributed by atoms with van der Waals surface area (Å²) in [5.41, 5.74) is 3.28. The molecule has 4 aromatic rings. The van der Waals surface area contributed by atoms with Crippen LogP contribution in [0.3, 0.4) is 0 Å². The van der Waals surface area contributed by atoms with E-state index in [2.05, 4.69) is 0 Å². The van der Waals surface area contributed by atoms with Crippen LogP contribution in [0.2, 0.25) is 5.02 Å². The van der Waals surface area contributed by atoms with Crippen LogP contribution in [0.5, 0.6) is 0 Å². The Bertz CT molecular complexity index is 1020. The molecule has 1 heterocycles. The summed E-state index contributed by atoms with van der Waals surface area (Å²) in [6, 6.07) is 22.2. The van der Waals surface area contributed by atoms with Crippen LogP contribution in [0.1, 0.15) is 5.56 Å². The van der Waals surface area contributed by atoms with Crippen molar-refractivity contribution in [3.63, 3.8) is 0 Å². The lowest BCUT2D eigenvalue weighted by molar-refractivity contribution is 0.602. The van der Waals surface area contributed by atoms with Gasteiger partial charge in [-0.3, -0.25) is 0 Å². The van der Waals surface area contributed by atoms with Gasteiger partial charge in [-0.2, -0.15) is 0 Å². The molecule has 24 heavy (non-hydrogen) atoms. The molecular weight excluding hydrogens is 323 g/mol. The summed E-state index contributed by atoms with van der Waals surface area (Å²) in [5.74, 6) is 0.519. The van der Waals surface area contributed by atoms with Crippen LogP contribution in [0, 0.1) is 5.82 Å². The van der Waals surface area contributed by atoms with Gasteiger partial charge in [0.1, 0.15) is 11.6 Å². The maximum absolute atomic E-state index is 14.1. The monoisotopic (exact) mass is 336 g/mol. The smallest absolute Gasteiger partial charge is 0.142 e. The predicted octanol–water partition coefficient (Wildman–Crippen LogP) is 5.54. The molecule has 0 fully saturated rings. The first-order valence-corrected chi connectivity index (χ1v) is 8.05. The van der Waals surface area contributed by atoms with Crippen molar-refractivity contribution >= 4 is 22.6 Å². The molecule has 4 heteroatoms. The van der Waals surface area contributed by atoms with Gasteiger partial charge in [0.05, 0.1) is 22.6 Å². The molecule has 0 saturated heterocycles. The topological polar surface area (TPSA) is 17.8 Å². The fraction of sp³-hybridized carbons (Fsp3) is 0.0500. The summed E-state index contributed by atoms with van der Waals surface area (Å²) in [6.45, 7) is 0.397. The van der Waals surface area contributed by atoms with Gasteiger partial charge in [-0.25, -0.2) is 9.37 Å². The van der Waals surface area contributed by atoms with Gasteiger partial charge in [-0.05, 0) is 30.3 Å². The number of para-hydroxylation sites is 2. The fourth-order valence-corrected chi connectivity index (χ4v) is 3.10. The van der Waals surface area contributed by atoms with Gasteiger partial charge in [0.25, 0.3) is 0 Å². The zero-order chi connectivity index (χ0) is 16.5. The van der Waals surface area contributed by atoms with Crippen molar-refractivity contribution in [1.29, 1.82) is 0 Å². The highest BCUT2D eigenvalue weighted by molar-refractivity contribution is 6.33. The van der Waals surface area contributed by atoms with Crippen LogP contribution in [-0.4, -0.2) is 9.55 Å². The molecule has 0 N–H and O–H groups in total. The molecule has 2 nitrogen and oxygen atoms in total. The van der Waals surface area contributed by atoms with Crippen molar-refractivity contribution in [2.75, 3.05) is 0 Å². The second kappa shape index (κ2) is 6.10. The largest absolute Gasteiger partial charge is 0.319 e. The first-order valence-electron chi connectivity index (χ1n) is 7.67. The van der Waals surface area contributed by atoms with E-state index in [9.17, 15) is 4.39 Å². The number of hydrogen-bond donors (Lipinski definition) is 0. The molecule has 0 unspecified atom stereocenters. The van der Waals surface area contributed by atoms with Crippen LogP contribution in [0.25, 0.3) is 22.4 Å². The van der Waals surface area contributed by atoms with E-state index < -0.39 is 0 Å². The average Bonchev–Trinajstić information content (AvgIpc) is 2.96. The number of imidazole rings is 1. The number of fused-ring (bicyclic) bond motifs is 1. The zero-order valence-electron chi connectivity index (χ0n) is 12.8. The Kier molecular flexibility index (Phi) is 3.79. The van der Waals surface area contributed by atoms with Crippen LogP contribution < -0.4 is 0 Å². The van der Waals surface area contributed by atoms with Gasteiger partial charge in [-0.1, -0.05) is 54.1 Å². The molecule has 3 aromatic carbocycles. The number of halogens is 2. The zero-order valence-corrected chi connectivity index (χ0v) is 13.5. The minimum Gasteiger partial charge on any atom is -0.319 e. The lowest BCUT2D eigenvalue weighted by Crippen LogP contribution is -2.04. The number of nitrogens with zero attached hydrogens (tertiary/aromatic N) is 2. The lowest BCUT2D eigenvalue weighted by atomic mass is 10.2. The Labute approximate surface area is 144 Å². The molecule has 0 saturated carbocycles. The molecule has 0 atom stereocenters. The molecule has 0 bridgehead atoms. The van der Waals surface area contributed by atoms with Crippen LogP contribution in [-0.2, 0) is 6.54 Å². The van der Waals surface area contributed by atoms with Crippen molar-refractivity contribution in [2.45, 2.75) is 6.54 Å². The van der Waals surface area contributed by atoms with Crippen LogP contribution in [0.4, 0.5) is 4.39 Å². The van der Waals surface area contributed by atoms with Gasteiger partial charge in [0.15, 0.2) is 0 Å². The molecule has 1 aromatic heterocycles. The van der Waals surface area contributed by atoms with Crippen molar-refractivity contribution in [1.82, 2.24) is 9.55 Å². The van der Waals surface area contributed by atoms with Gasteiger partial charge in [0, 0.05) is 11.1 Å². The third-order valence-corrected chi connectivity index (χ3v) is 4.39. The Morgan fingerprint density at radius 2 is 1.58 bits per heavy atom. The molecule has 0 radical (unpaired) electrons.